The first-order valence-electron chi connectivity index (χ1n) is 8.01. The number of fused-ring (bicyclic) bond motifs is 2. The summed E-state index contributed by atoms with van der Waals surface area (Å²) in [5.41, 5.74) is 2.26. The summed E-state index contributed by atoms with van der Waals surface area (Å²) in [7, 11) is 1.58. The molecule has 0 fully saturated rings. The molecule has 0 unspecified atom stereocenters. The molecule has 0 bridgehead atoms. The van der Waals surface area contributed by atoms with Crippen molar-refractivity contribution in [2.45, 2.75) is 0 Å². The van der Waals surface area contributed by atoms with Gasteiger partial charge in [0.1, 0.15) is 5.75 Å². The zero-order chi connectivity index (χ0) is 18.1. The van der Waals surface area contributed by atoms with E-state index in [1.54, 1.807) is 60.5 Å². The van der Waals surface area contributed by atoms with Crippen LogP contribution in [0.5, 0.6) is 17.2 Å². The van der Waals surface area contributed by atoms with Crippen LogP contribution < -0.4 is 14.4 Å². The van der Waals surface area contributed by atoms with Crippen LogP contribution >= 0.6 is 0 Å². The van der Waals surface area contributed by atoms with Gasteiger partial charge in [0.05, 0.1) is 30.1 Å². The highest BCUT2D eigenvalue weighted by atomic mass is 16.5. The van der Waals surface area contributed by atoms with Crippen molar-refractivity contribution < 1.29 is 14.3 Å². The van der Waals surface area contributed by atoms with Crippen molar-refractivity contribution in [1.82, 2.24) is 0 Å². The maximum atomic E-state index is 13.2. The molecule has 26 heavy (non-hydrogen) atoms. The minimum Gasteiger partial charge on any atom is -0.497 e. The molecule has 3 aromatic carbocycles. The van der Waals surface area contributed by atoms with Gasteiger partial charge in [-0.15, -0.1) is 0 Å². The van der Waals surface area contributed by atoms with Crippen LogP contribution in [-0.2, 0) is 0 Å². The highest BCUT2D eigenvalue weighted by molar-refractivity contribution is 6.13. The van der Waals surface area contributed by atoms with Gasteiger partial charge < -0.3 is 9.47 Å². The first-order chi connectivity index (χ1) is 12.7. The molecule has 0 aromatic heterocycles. The lowest BCUT2D eigenvalue weighted by Gasteiger charge is -2.31. The fourth-order valence-electron chi connectivity index (χ4n) is 2.91. The van der Waals surface area contributed by atoms with Gasteiger partial charge in [0, 0.05) is 11.6 Å². The molecule has 0 aliphatic carbocycles. The molecule has 1 aliphatic rings. The van der Waals surface area contributed by atoms with E-state index in [1.807, 2.05) is 18.2 Å². The lowest BCUT2D eigenvalue weighted by Crippen LogP contribution is -2.28. The molecule has 5 heteroatoms. The Morgan fingerprint density at radius 2 is 1.73 bits per heavy atom. The number of carbonyl (C=O) groups excluding carboxylic acids is 1. The average Bonchev–Trinajstić information content (AvgIpc) is 2.71. The van der Waals surface area contributed by atoms with Gasteiger partial charge in [0.15, 0.2) is 11.5 Å². The van der Waals surface area contributed by atoms with E-state index in [-0.39, 0.29) is 5.91 Å². The molecule has 126 valence electrons. The molecule has 0 atom stereocenters. The molecular weight excluding hydrogens is 328 g/mol. The third-order valence-corrected chi connectivity index (χ3v) is 4.20. The Balaban J connectivity index is 1.84. The molecule has 5 nitrogen and oxygen atoms in total. The third kappa shape index (κ3) is 2.54. The minimum atomic E-state index is -0.186. The molecule has 0 saturated heterocycles. The van der Waals surface area contributed by atoms with E-state index in [0.717, 1.165) is 0 Å². The fourth-order valence-corrected chi connectivity index (χ4v) is 2.91. The number of hydrogen-bond donors (Lipinski definition) is 0. The number of nitriles is 1. The summed E-state index contributed by atoms with van der Waals surface area (Å²) in [4.78, 5) is 14.9. The van der Waals surface area contributed by atoms with Crippen LogP contribution in [0.2, 0.25) is 0 Å². The number of rotatable bonds is 2. The summed E-state index contributed by atoms with van der Waals surface area (Å²) in [6.07, 6.45) is 0. The van der Waals surface area contributed by atoms with Gasteiger partial charge in [-0.1, -0.05) is 12.1 Å². The number of benzene rings is 3. The second-order valence-electron chi connectivity index (χ2n) is 5.73. The van der Waals surface area contributed by atoms with E-state index >= 15 is 0 Å². The first kappa shape index (κ1) is 15.7. The molecule has 1 aliphatic heterocycles. The number of anilines is 2. The largest absolute Gasteiger partial charge is 0.497 e. The van der Waals surface area contributed by atoms with Crippen LogP contribution in [-0.4, -0.2) is 13.0 Å². The Morgan fingerprint density at radius 1 is 1.00 bits per heavy atom. The molecular formula is C21H14N2O3. The van der Waals surface area contributed by atoms with Crippen molar-refractivity contribution in [3.8, 4) is 23.3 Å². The monoisotopic (exact) mass is 342 g/mol. The van der Waals surface area contributed by atoms with E-state index in [9.17, 15) is 4.79 Å². The Hall–Kier alpha value is -3.78. The minimum absolute atomic E-state index is 0.186. The number of carbonyl (C=O) groups is 1. The van der Waals surface area contributed by atoms with Gasteiger partial charge in [-0.05, 0) is 48.5 Å². The molecule has 0 radical (unpaired) electrons. The lowest BCUT2D eigenvalue weighted by molar-refractivity contribution is 0.0997. The predicted octanol–water partition coefficient (Wildman–Crippen LogP) is 4.65. The SMILES string of the molecule is COc1ccc(C(=O)N2c3ccccc3Oc3cc(C#N)ccc32)cc1. The van der Waals surface area contributed by atoms with E-state index in [1.165, 1.54) is 0 Å². The molecule has 4 rings (SSSR count). The number of amides is 1. The Morgan fingerprint density at radius 3 is 2.46 bits per heavy atom. The molecule has 0 spiro atoms. The molecule has 0 saturated carbocycles. The summed E-state index contributed by atoms with van der Waals surface area (Å²) >= 11 is 0. The Bertz CT molecular complexity index is 1040. The number of hydrogen-bond acceptors (Lipinski definition) is 4. The number of ether oxygens (including phenoxy) is 2. The van der Waals surface area contributed by atoms with E-state index < -0.39 is 0 Å². The van der Waals surface area contributed by atoms with Crippen LogP contribution in [0.15, 0.2) is 66.7 Å². The van der Waals surface area contributed by atoms with E-state index in [0.29, 0.717) is 39.8 Å². The third-order valence-electron chi connectivity index (χ3n) is 4.20. The summed E-state index contributed by atoms with van der Waals surface area (Å²) in [6, 6.07) is 21.4. The van der Waals surface area contributed by atoms with Crippen LogP contribution in [0.4, 0.5) is 11.4 Å². The normalized spacial score (nSPS) is 11.6. The predicted molar refractivity (Wildman–Crippen MR) is 97.1 cm³/mol. The second kappa shape index (κ2) is 6.26. The van der Waals surface area contributed by atoms with Crippen molar-refractivity contribution in [3.05, 3.63) is 77.9 Å². The average molecular weight is 342 g/mol. The first-order valence-corrected chi connectivity index (χ1v) is 8.01. The Labute approximate surface area is 150 Å². The maximum Gasteiger partial charge on any atom is 0.263 e. The van der Waals surface area contributed by atoms with Gasteiger partial charge in [0.2, 0.25) is 0 Å². The zero-order valence-electron chi connectivity index (χ0n) is 14.0. The lowest BCUT2D eigenvalue weighted by atomic mass is 10.1. The van der Waals surface area contributed by atoms with Crippen LogP contribution in [0.25, 0.3) is 0 Å². The van der Waals surface area contributed by atoms with Gasteiger partial charge in [0.25, 0.3) is 5.91 Å². The molecule has 1 amide bonds. The summed E-state index contributed by atoms with van der Waals surface area (Å²) in [5, 5.41) is 9.14. The van der Waals surface area contributed by atoms with Crippen molar-refractivity contribution in [1.29, 1.82) is 5.26 Å². The van der Waals surface area contributed by atoms with Crippen molar-refractivity contribution in [2.75, 3.05) is 12.0 Å². The molecule has 3 aromatic rings. The Kier molecular flexibility index (Phi) is 3.79. The van der Waals surface area contributed by atoms with Gasteiger partial charge in [-0.3, -0.25) is 9.69 Å². The number of para-hydroxylation sites is 2. The van der Waals surface area contributed by atoms with Crippen LogP contribution in [0, 0.1) is 11.3 Å². The zero-order valence-corrected chi connectivity index (χ0v) is 14.0. The van der Waals surface area contributed by atoms with Gasteiger partial charge in [-0.2, -0.15) is 5.26 Å². The highest BCUT2D eigenvalue weighted by Gasteiger charge is 2.30. The molecule has 1 heterocycles. The standard InChI is InChI=1S/C21H14N2O3/c1-25-16-9-7-15(8-10-16)21(24)23-17-4-2-3-5-19(17)26-20-12-14(13-22)6-11-18(20)23/h2-12H,1H3. The van der Waals surface area contributed by atoms with Crippen LogP contribution in [0.1, 0.15) is 15.9 Å². The summed E-state index contributed by atoms with van der Waals surface area (Å²) in [6.45, 7) is 0. The van der Waals surface area contributed by atoms with Gasteiger partial charge >= 0.3 is 0 Å². The number of nitrogens with zero attached hydrogens (tertiary/aromatic N) is 2. The summed E-state index contributed by atoms with van der Waals surface area (Å²) in [5.74, 6) is 1.54. The van der Waals surface area contributed by atoms with E-state index in [4.69, 9.17) is 14.7 Å². The van der Waals surface area contributed by atoms with Crippen molar-refractivity contribution >= 4 is 17.3 Å². The quantitative estimate of drug-likeness (QED) is 0.680. The van der Waals surface area contributed by atoms with Crippen molar-refractivity contribution in [3.63, 3.8) is 0 Å². The van der Waals surface area contributed by atoms with E-state index in [2.05, 4.69) is 6.07 Å². The maximum absolute atomic E-state index is 13.2. The second-order valence-corrected chi connectivity index (χ2v) is 5.73. The smallest absolute Gasteiger partial charge is 0.263 e. The highest BCUT2D eigenvalue weighted by Crippen LogP contribution is 2.47. The summed E-state index contributed by atoms with van der Waals surface area (Å²) < 4.78 is 11.1. The number of methoxy groups -OCH3 is 1. The van der Waals surface area contributed by atoms with Gasteiger partial charge in [-0.25, -0.2) is 0 Å². The molecule has 0 N–H and O–H groups in total. The van der Waals surface area contributed by atoms with Crippen LogP contribution in [0.3, 0.4) is 0 Å². The fraction of sp³-hybridized carbons (Fsp3) is 0.0476. The topological polar surface area (TPSA) is 62.6 Å². The van der Waals surface area contributed by atoms with Crippen molar-refractivity contribution in [2.24, 2.45) is 0 Å².